The van der Waals surface area contributed by atoms with Crippen LogP contribution in [0.15, 0.2) is 16.1 Å². The highest BCUT2D eigenvalue weighted by Gasteiger charge is 2.24. The van der Waals surface area contributed by atoms with E-state index in [0.717, 1.165) is 6.20 Å². The van der Waals surface area contributed by atoms with Gasteiger partial charge in [-0.2, -0.15) is 0 Å². The van der Waals surface area contributed by atoms with Crippen molar-refractivity contribution in [3.8, 4) is 0 Å². The van der Waals surface area contributed by atoms with Crippen molar-refractivity contribution in [1.29, 1.82) is 0 Å². The zero-order valence-corrected chi connectivity index (χ0v) is 10.5. The predicted molar refractivity (Wildman–Crippen MR) is 65.2 cm³/mol. The smallest absolute Gasteiger partial charge is 0.328 e. The number of fused-ring (bicyclic) bond motifs is 1. The molecule has 9 heteroatoms. The summed E-state index contributed by atoms with van der Waals surface area (Å²) in [5, 5.41) is 20.1. The zero-order valence-electron chi connectivity index (χ0n) is 9.70. The molecule has 0 radical (unpaired) electrons. The molecule has 2 rings (SSSR count). The lowest BCUT2D eigenvalue weighted by molar-refractivity contribution is -0.140. The fourth-order valence-corrected chi connectivity index (χ4v) is 2.51. The van der Waals surface area contributed by atoms with Crippen molar-refractivity contribution in [2.45, 2.75) is 17.7 Å². The molecule has 19 heavy (non-hydrogen) atoms. The molecule has 0 aliphatic carbocycles. The lowest BCUT2D eigenvalue weighted by Crippen LogP contribution is -2.45. The minimum Gasteiger partial charge on any atom is -0.480 e. The number of thioether (sulfide) groups is 1. The lowest BCUT2D eigenvalue weighted by atomic mass is 10.2. The van der Waals surface area contributed by atoms with Crippen LogP contribution in [0.4, 0.5) is 0 Å². The van der Waals surface area contributed by atoms with E-state index in [1.54, 1.807) is 0 Å². The van der Waals surface area contributed by atoms with Crippen LogP contribution in [0.1, 0.15) is 10.4 Å². The quantitative estimate of drug-likeness (QED) is 0.577. The Morgan fingerprint density at radius 2 is 2.32 bits per heavy atom. The first-order chi connectivity index (χ1) is 9.04. The zero-order chi connectivity index (χ0) is 14.0. The van der Waals surface area contributed by atoms with Crippen LogP contribution in [0.5, 0.6) is 0 Å². The van der Waals surface area contributed by atoms with Crippen LogP contribution >= 0.6 is 11.8 Å². The Labute approximate surface area is 111 Å². The van der Waals surface area contributed by atoms with Crippen LogP contribution in [0, 0.1) is 0 Å². The van der Waals surface area contributed by atoms with Crippen LogP contribution < -0.4 is 10.9 Å². The number of aliphatic hydroxyl groups is 1. The van der Waals surface area contributed by atoms with E-state index in [4.69, 9.17) is 10.2 Å². The number of nitrogens with zero attached hydrogens (tertiary/aromatic N) is 2. The number of nitrogens with one attached hydrogen (secondary N) is 1. The largest absolute Gasteiger partial charge is 0.480 e. The molecule has 1 atom stereocenters. The SMILES string of the molecule is O=C(N[C@H](CO)C(=O)O)c1cnc2n(c1=O)CCS2. The summed E-state index contributed by atoms with van der Waals surface area (Å²) in [5.41, 5.74) is -0.736. The van der Waals surface area contributed by atoms with E-state index in [1.807, 2.05) is 0 Å². The van der Waals surface area contributed by atoms with Gasteiger partial charge in [0.05, 0.1) is 6.61 Å². The molecule has 0 spiro atoms. The molecule has 2 heterocycles. The topological polar surface area (TPSA) is 122 Å². The third-order valence-electron chi connectivity index (χ3n) is 2.59. The number of aliphatic carboxylic acids is 1. The fraction of sp³-hybridized carbons (Fsp3) is 0.400. The second-order valence-electron chi connectivity index (χ2n) is 3.81. The standard InChI is InChI=1S/C10H11N3O5S/c14-4-6(9(17)18)12-7(15)5-3-11-10-13(8(5)16)1-2-19-10/h3,6,14H,1-2,4H2,(H,12,15)(H,17,18)/t6-/m1/s1. The Morgan fingerprint density at radius 3 is 2.95 bits per heavy atom. The number of amides is 1. The number of carbonyl (C=O) groups excluding carboxylic acids is 1. The molecule has 0 bridgehead atoms. The van der Waals surface area contributed by atoms with Crippen LogP contribution in [0.25, 0.3) is 0 Å². The average molecular weight is 285 g/mol. The first-order valence-electron chi connectivity index (χ1n) is 5.41. The molecule has 1 aromatic heterocycles. The van der Waals surface area contributed by atoms with E-state index < -0.39 is 30.1 Å². The Bertz CT molecular complexity index is 585. The van der Waals surface area contributed by atoms with Crippen molar-refractivity contribution >= 4 is 23.6 Å². The Hall–Kier alpha value is -1.87. The summed E-state index contributed by atoms with van der Waals surface area (Å²) < 4.78 is 1.37. The van der Waals surface area contributed by atoms with Crippen molar-refractivity contribution in [2.75, 3.05) is 12.4 Å². The van der Waals surface area contributed by atoms with Gasteiger partial charge in [0.15, 0.2) is 11.2 Å². The molecule has 1 aliphatic rings. The van der Waals surface area contributed by atoms with Crippen LogP contribution in [-0.2, 0) is 11.3 Å². The van der Waals surface area contributed by atoms with E-state index in [9.17, 15) is 14.4 Å². The van der Waals surface area contributed by atoms with Gasteiger partial charge in [0.2, 0.25) is 0 Å². The molecular weight excluding hydrogens is 274 g/mol. The maximum atomic E-state index is 12.0. The molecule has 0 fully saturated rings. The van der Waals surface area contributed by atoms with E-state index >= 15 is 0 Å². The third-order valence-corrected chi connectivity index (χ3v) is 3.56. The van der Waals surface area contributed by atoms with Crippen LogP contribution in [0.3, 0.4) is 0 Å². The molecule has 1 aliphatic heterocycles. The van der Waals surface area contributed by atoms with Gasteiger partial charge in [-0.15, -0.1) is 0 Å². The van der Waals surface area contributed by atoms with Crippen LogP contribution in [0.2, 0.25) is 0 Å². The maximum absolute atomic E-state index is 12.0. The molecule has 1 amide bonds. The van der Waals surface area contributed by atoms with Gasteiger partial charge in [0, 0.05) is 18.5 Å². The summed E-state index contributed by atoms with van der Waals surface area (Å²) >= 11 is 1.41. The van der Waals surface area contributed by atoms with Gasteiger partial charge >= 0.3 is 5.97 Å². The number of rotatable bonds is 4. The summed E-state index contributed by atoms with van der Waals surface area (Å²) in [6, 6.07) is -1.44. The molecular formula is C10H11N3O5S. The monoisotopic (exact) mass is 285 g/mol. The summed E-state index contributed by atoms with van der Waals surface area (Å²) in [6.07, 6.45) is 1.12. The number of aromatic nitrogens is 2. The van der Waals surface area contributed by atoms with Gasteiger partial charge in [-0.1, -0.05) is 11.8 Å². The number of carboxylic acids is 1. The summed E-state index contributed by atoms with van der Waals surface area (Å²) in [6.45, 7) is -0.286. The van der Waals surface area contributed by atoms with E-state index in [-0.39, 0.29) is 5.56 Å². The number of carboxylic acid groups (broad SMARTS) is 1. The second kappa shape index (κ2) is 5.41. The molecule has 3 N–H and O–H groups in total. The van der Waals surface area contributed by atoms with Crippen molar-refractivity contribution in [2.24, 2.45) is 0 Å². The molecule has 0 unspecified atom stereocenters. The third kappa shape index (κ3) is 2.61. The van der Waals surface area contributed by atoms with Gasteiger partial charge < -0.3 is 15.5 Å². The van der Waals surface area contributed by atoms with Gasteiger partial charge in [-0.25, -0.2) is 9.78 Å². The molecule has 0 aromatic carbocycles. The summed E-state index contributed by atoms with van der Waals surface area (Å²) in [7, 11) is 0. The van der Waals surface area contributed by atoms with Crippen molar-refractivity contribution in [3.63, 3.8) is 0 Å². The Morgan fingerprint density at radius 1 is 1.58 bits per heavy atom. The van der Waals surface area contributed by atoms with Gasteiger partial charge in [0.25, 0.3) is 11.5 Å². The van der Waals surface area contributed by atoms with Crippen molar-refractivity contribution < 1.29 is 19.8 Å². The first kappa shape index (κ1) is 13.6. The first-order valence-corrected chi connectivity index (χ1v) is 6.40. The van der Waals surface area contributed by atoms with Gasteiger partial charge in [-0.3, -0.25) is 14.2 Å². The molecule has 0 saturated carbocycles. The van der Waals surface area contributed by atoms with Gasteiger partial charge in [0.1, 0.15) is 5.56 Å². The minimum absolute atomic E-state index is 0.231. The van der Waals surface area contributed by atoms with Crippen molar-refractivity contribution in [3.05, 3.63) is 22.1 Å². The van der Waals surface area contributed by atoms with E-state index in [0.29, 0.717) is 17.5 Å². The minimum atomic E-state index is -1.44. The Balaban J connectivity index is 2.25. The average Bonchev–Trinajstić information content (AvgIpc) is 2.84. The van der Waals surface area contributed by atoms with Crippen molar-refractivity contribution in [1.82, 2.24) is 14.9 Å². The Kier molecular flexibility index (Phi) is 3.86. The molecule has 1 aromatic rings. The highest BCUT2D eigenvalue weighted by molar-refractivity contribution is 7.99. The highest BCUT2D eigenvalue weighted by Crippen LogP contribution is 2.20. The molecule has 8 nitrogen and oxygen atoms in total. The number of carbonyl (C=O) groups is 2. The molecule has 0 saturated heterocycles. The van der Waals surface area contributed by atoms with E-state index in [1.165, 1.54) is 16.3 Å². The second-order valence-corrected chi connectivity index (χ2v) is 4.87. The summed E-state index contributed by atoms with van der Waals surface area (Å²) in [5.74, 6) is -1.52. The normalized spacial score (nSPS) is 14.8. The fourth-order valence-electron chi connectivity index (χ4n) is 1.59. The van der Waals surface area contributed by atoms with Crippen LogP contribution in [-0.4, -0.2) is 50.0 Å². The number of hydrogen-bond donors (Lipinski definition) is 3. The number of aliphatic hydroxyl groups excluding tert-OH is 1. The highest BCUT2D eigenvalue weighted by atomic mass is 32.2. The maximum Gasteiger partial charge on any atom is 0.328 e. The van der Waals surface area contributed by atoms with Gasteiger partial charge in [-0.05, 0) is 0 Å². The summed E-state index contributed by atoms with van der Waals surface area (Å²) in [4.78, 5) is 38.4. The van der Waals surface area contributed by atoms with E-state index in [2.05, 4.69) is 10.3 Å². The predicted octanol–water partition coefficient (Wildman–Crippen LogP) is -1.48. The lowest BCUT2D eigenvalue weighted by Gasteiger charge is -2.11. The number of hydrogen-bond acceptors (Lipinski definition) is 6. The molecule has 102 valence electrons.